The normalized spacial score (nSPS) is 16.4. The van der Waals surface area contributed by atoms with Crippen molar-refractivity contribution in [1.82, 2.24) is 10.9 Å². The van der Waals surface area contributed by atoms with E-state index < -0.39 is 0 Å². The molecule has 0 spiro atoms. The highest BCUT2D eigenvalue weighted by molar-refractivity contribution is 7.80. The van der Waals surface area contributed by atoms with Crippen LogP contribution >= 0.6 is 23.6 Å². The van der Waals surface area contributed by atoms with Gasteiger partial charge in [-0.25, -0.2) is 0 Å². The van der Waals surface area contributed by atoms with Gasteiger partial charge in [-0.15, -0.1) is 11.3 Å². The molecule has 1 aromatic carbocycles. The van der Waals surface area contributed by atoms with E-state index in [2.05, 4.69) is 36.9 Å². The standard InChI is InChI=1S/C21H27N3OS2/c1-13-7-5-6-8-17(13)22-20(26)24-23-19(25)16-12-27-18-11-14(21(2,3)4)9-10-15(16)18/h5-8,12,14H,9-11H2,1-4H3,(H,23,25)(H2,22,24,26). The van der Waals surface area contributed by atoms with Gasteiger partial charge < -0.3 is 5.32 Å². The van der Waals surface area contributed by atoms with E-state index in [-0.39, 0.29) is 5.91 Å². The van der Waals surface area contributed by atoms with Crippen molar-refractivity contribution in [2.24, 2.45) is 11.3 Å². The summed E-state index contributed by atoms with van der Waals surface area (Å²) in [4.78, 5) is 14.0. The average Bonchev–Trinajstić information content (AvgIpc) is 3.04. The molecule has 1 atom stereocenters. The highest BCUT2D eigenvalue weighted by Crippen LogP contribution is 2.40. The van der Waals surface area contributed by atoms with E-state index in [9.17, 15) is 4.79 Å². The number of thiophene rings is 1. The largest absolute Gasteiger partial charge is 0.331 e. The van der Waals surface area contributed by atoms with Gasteiger partial charge in [-0.3, -0.25) is 15.6 Å². The van der Waals surface area contributed by atoms with Crippen LogP contribution in [0.3, 0.4) is 0 Å². The first-order valence-corrected chi connectivity index (χ1v) is 10.6. The number of anilines is 1. The monoisotopic (exact) mass is 401 g/mol. The molecular formula is C21H27N3OS2. The number of nitrogens with one attached hydrogen (secondary N) is 3. The zero-order valence-corrected chi connectivity index (χ0v) is 17.9. The molecule has 0 aliphatic heterocycles. The summed E-state index contributed by atoms with van der Waals surface area (Å²) in [6, 6.07) is 7.87. The van der Waals surface area contributed by atoms with Gasteiger partial charge in [-0.1, -0.05) is 39.0 Å². The molecule has 144 valence electrons. The fourth-order valence-electron chi connectivity index (χ4n) is 3.49. The second kappa shape index (κ2) is 7.98. The summed E-state index contributed by atoms with van der Waals surface area (Å²) in [5, 5.41) is 5.45. The van der Waals surface area contributed by atoms with Crippen LogP contribution < -0.4 is 16.2 Å². The Kier molecular flexibility index (Phi) is 5.86. The van der Waals surface area contributed by atoms with Gasteiger partial charge in [-0.05, 0) is 66.9 Å². The van der Waals surface area contributed by atoms with Crippen molar-refractivity contribution in [2.75, 3.05) is 5.32 Å². The number of thiocarbonyl (C=S) groups is 1. The molecule has 0 saturated heterocycles. The van der Waals surface area contributed by atoms with Crippen molar-refractivity contribution in [2.45, 2.75) is 47.0 Å². The molecule has 1 unspecified atom stereocenters. The SMILES string of the molecule is Cc1ccccc1NC(=S)NNC(=O)c1csc2c1CCC(C(C)(C)C)C2. The number of para-hydroxylation sites is 1. The summed E-state index contributed by atoms with van der Waals surface area (Å²) >= 11 is 6.99. The summed E-state index contributed by atoms with van der Waals surface area (Å²) in [5.74, 6) is 0.541. The van der Waals surface area contributed by atoms with Gasteiger partial charge >= 0.3 is 0 Å². The van der Waals surface area contributed by atoms with Crippen LogP contribution in [0.5, 0.6) is 0 Å². The van der Waals surface area contributed by atoms with E-state index in [0.29, 0.717) is 16.4 Å². The maximum absolute atomic E-state index is 12.6. The number of fused-ring (bicyclic) bond motifs is 1. The molecule has 3 N–H and O–H groups in total. The van der Waals surface area contributed by atoms with Crippen LogP contribution in [0.25, 0.3) is 0 Å². The average molecular weight is 402 g/mol. The van der Waals surface area contributed by atoms with E-state index >= 15 is 0 Å². The molecule has 27 heavy (non-hydrogen) atoms. The van der Waals surface area contributed by atoms with Crippen molar-refractivity contribution in [1.29, 1.82) is 0 Å². The van der Waals surface area contributed by atoms with Crippen molar-refractivity contribution in [3.8, 4) is 0 Å². The summed E-state index contributed by atoms with van der Waals surface area (Å²) in [5.41, 5.74) is 9.84. The van der Waals surface area contributed by atoms with Crippen LogP contribution in [0.2, 0.25) is 0 Å². The second-order valence-corrected chi connectivity index (χ2v) is 9.58. The Morgan fingerprint density at radius 3 is 2.67 bits per heavy atom. The van der Waals surface area contributed by atoms with E-state index in [0.717, 1.165) is 36.1 Å². The van der Waals surface area contributed by atoms with Crippen LogP contribution in [0.4, 0.5) is 5.69 Å². The molecular weight excluding hydrogens is 374 g/mol. The first-order valence-electron chi connectivity index (χ1n) is 9.28. The predicted molar refractivity (Wildman–Crippen MR) is 117 cm³/mol. The molecule has 1 aromatic heterocycles. The highest BCUT2D eigenvalue weighted by atomic mass is 32.1. The van der Waals surface area contributed by atoms with Crippen LogP contribution in [0.15, 0.2) is 29.6 Å². The zero-order chi connectivity index (χ0) is 19.6. The number of benzene rings is 1. The molecule has 1 amide bonds. The molecule has 1 heterocycles. The van der Waals surface area contributed by atoms with E-state index in [1.54, 1.807) is 11.3 Å². The number of aryl methyl sites for hydroxylation is 1. The summed E-state index contributed by atoms with van der Waals surface area (Å²) in [6.45, 7) is 8.91. The van der Waals surface area contributed by atoms with Crippen molar-refractivity contribution in [3.05, 3.63) is 51.2 Å². The number of amides is 1. The highest BCUT2D eigenvalue weighted by Gasteiger charge is 2.31. The lowest BCUT2D eigenvalue weighted by Gasteiger charge is -2.34. The van der Waals surface area contributed by atoms with Crippen LogP contribution in [-0.2, 0) is 12.8 Å². The molecule has 1 aliphatic rings. The van der Waals surface area contributed by atoms with Crippen molar-refractivity contribution >= 4 is 40.3 Å². The minimum absolute atomic E-state index is 0.129. The van der Waals surface area contributed by atoms with Gasteiger partial charge in [0.1, 0.15) is 0 Å². The van der Waals surface area contributed by atoms with Gasteiger partial charge in [0.25, 0.3) is 5.91 Å². The zero-order valence-electron chi connectivity index (χ0n) is 16.3. The Balaban J connectivity index is 1.59. The van der Waals surface area contributed by atoms with E-state index in [1.165, 1.54) is 10.4 Å². The number of hydrogen-bond donors (Lipinski definition) is 3. The molecule has 6 heteroatoms. The third kappa shape index (κ3) is 4.68. The lowest BCUT2D eigenvalue weighted by Crippen LogP contribution is -2.44. The van der Waals surface area contributed by atoms with Gasteiger partial charge in [0.15, 0.2) is 5.11 Å². The quantitative estimate of drug-likeness (QED) is 0.498. The Morgan fingerprint density at radius 1 is 1.22 bits per heavy atom. The predicted octanol–water partition coefficient (Wildman–Crippen LogP) is 4.84. The lowest BCUT2D eigenvalue weighted by atomic mass is 9.72. The van der Waals surface area contributed by atoms with E-state index in [4.69, 9.17) is 12.2 Å². The number of hydrogen-bond acceptors (Lipinski definition) is 3. The Labute approximate surface area is 170 Å². The fourth-order valence-corrected chi connectivity index (χ4v) is 4.81. The lowest BCUT2D eigenvalue weighted by molar-refractivity contribution is 0.0943. The molecule has 0 radical (unpaired) electrons. The van der Waals surface area contributed by atoms with Crippen LogP contribution in [0, 0.1) is 18.3 Å². The van der Waals surface area contributed by atoms with Gasteiger partial charge in [-0.2, -0.15) is 0 Å². The maximum atomic E-state index is 12.6. The van der Waals surface area contributed by atoms with Gasteiger partial charge in [0.2, 0.25) is 0 Å². The summed E-state index contributed by atoms with van der Waals surface area (Å²) in [6.07, 6.45) is 3.17. The first-order chi connectivity index (χ1) is 12.8. The molecule has 3 rings (SSSR count). The second-order valence-electron chi connectivity index (χ2n) is 8.21. The van der Waals surface area contributed by atoms with Crippen LogP contribution in [-0.4, -0.2) is 11.0 Å². The topological polar surface area (TPSA) is 53.2 Å². The van der Waals surface area contributed by atoms with Gasteiger partial charge in [0, 0.05) is 15.9 Å². The van der Waals surface area contributed by atoms with Gasteiger partial charge in [0.05, 0.1) is 5.56 Å². The number of hydrazine groups is 1. The molecule has 0 fully saturated rings. The Hall–Kier alpha value is -1.92. The molecule has 2 aromatic rings. The third-order valence-corrected chi connectivity index (χ3v) is 6.56. The number of carbonyl (C=O) groups is 1. The number of rotatable bonds is 2. The summed E-state index contributed by atoms with van der Waals surface area (Å²) in [7, 11) is 0. The fraction of sp³-hybridized carbons (Fsp3) is 0.429. The molecule has 0 saturated carbocycles. The molecule has 4 nitrogen and oxygen atoms in total. The first kappa shape index (κ1) is 19.8. The Morgan fingerprint density at radius 2 is 1.96 bits per heavy atom. The van der Waals surface area contributed by atoms with Crippen molar-refractivity contribution in [3.63, 3.8) is 0 Å². The van der Waals surface area contributed by atoms with Crippen molar-refractivity contribution < 1.29 is 4.79 Å². The molecule has 0 bridgehead atoms. The minimum atomic E-state index is -0.129. The third-order valence-electron chi connectivity index (χ3n) is 5.31. The van der Waals surface area contributed by atoms with E-state index in [1.807, 2.05) is 36.6 Å². The smallest absolute Gasteiger partial charge is 0.270 e. The minimum Gasteiger partial charge on any atom is -0.331 e. The summed E-state index contributed by atoms with van der Waals surface area (Å²) < 4.78 is 0. The maximum Gasteiger partial charge on any atom is 0.270 e. The Bertz CT molecular complexity index is 851. The number of carbonyl (C=O) groups excluding carboxylic acids is 1. The van der Waals surface area contributed by atoms with Crippen LogP contribution in [0.1, 0.15) is 53.6 Å². The molecule has 1 aliphatic carbocycles.